The van der Waals surface area contributed by atoms with Crippen LogP contribution in [0.15, 0.2) is 24.3 Å². The highest BCUT2D eigenvalue weighted by molar-refractivity contribution is 8.00. The van der Waals surface area contributed by atoms with Crippen molar-refractivity contribution in [1.82, 2.24) is 4.90 Å². The van der Waals surface area contributed by atoms with Crippen molar-refractivity contribution >= 4 is 35.0 Å². The second kappa shape index (κ2) is 10.3. The molecule has 2 amide bonds. The van der Waals surface area contributed by atoms with E-state index in [2.05, 4.69) is 24.1 Å². The Bertz CT molecular complexity index is 555. The molecule has 0 unspecified atom stereocenters. The van der Waals surface area contributed by atoms with Crippen LogP contribution in [0, 0.1) is 0 Å². The van der Waals surface area contributed by atoms with Gasteiger partial charge in [0.1, 0.15) is 0 Å². The van der Waals surface area contributed by atoms with E-state index in [9.17, 15) is 9.59 Å². The molecular formula is C18H27N3O3S. The van der Waals surface area contributed by atoms with Crippen LogP contribution in [0.25, 0.3) is 0 Å². The molecule has 0 radical (unpaired) electrons. The fourth-order valence-electron chi connectivity index (χ4n) is 2.68. The number of carbonyl (C=O) groups is 2. The highest BCUT2D eigenvalue weighted by Crippen LogP contribution is 2.18. The summed E-state index contributed by atoms with van der Waals surface area (Å²) < 4.78 is 5.23. The third-order valence-corrected chi connectivity index (χ3v) is 5.02. The van der Waals surface area contributed by atoms with Crippen molar-refractivity contribution < 1.29 is 14.3 Å². The quantitative estimate of drug-likeness (QED) is 0.764. The minimum absolute atomic E-state index is 0.0738. The van der Waals surface area contributed by atoms with Crippen molar-refractivity contribution in [3.8, 4) is 0 Å². The molecule has 0 spiro atoms. The topological polar surface area (TPSA) is 61.9 Å². The number of thioether (sulfide) groups is 1. The van der Waals surface area contributed by atoms with E-state index in [0.29, 0.717) is 32.1 Å². The van der Waals surface area contributed by atoms with Crippen molar-refractivity contribution in [1.29, 1.82) is 0 Å². The molecule has 25 heavy (non-hydrogen) atoms. The first-order chi connectivity index (χ1) is 12.1. The van der Waals surface area contributed by atoms with E-state index in [-0.39, 0.29) is 17.6 Å². The largest absolute Gasteiger partial charge is 0.378 e. The van der Waals surface area contributed by atoms with Gasteiger partial charge in [0.05, 0.1) is 24.7 Å². The zero-order valence-electron chi connectivity index (χ0n) is 15.0. The Balaban J connectivity index is 1.71. The van der Waals surface area contributed by atoms with Crippen molar-refractivity contribution in [3.63, 3.8) is 0 Å². The second-order valence-corrected chi connectivity index (χ2v) is 6.74. The number of nitrogens with zero attached hydrogens (tertiary/aromatic N) is 2. The van der Waals surface area contributed by atoms with Crippen LogP contribution >= 0.6 is 11.8 Å². The molecule has 7 heteroatoms. The zero-order valence-corrected chi connectivity index (χ0v) is 15.8. The lowest BCUT2D eigenvalue weighted by Gasteiger charge is -2.26. The second-order valence-electron chi connectivity index (χ2n) is 5.75. The van der Waals surface area contributed by atoms with Crippen LogP contribution in [0.4, 0.5) is 11.4 Å². The molecule has 1 N–H and O–H groups in total. The molecule has 138 valence electrons. The summed E-state index contributed by atoms with van der Waals surface area (Å²) in [6, 6.07) is 7.85. The monoisotopic (exact) mass is 365 g/mol. The minimum Gasteiger partial charge on any atom is -0.378 e. The maximum Gasteiger partial charge on any atom is 0.234 e. The molecular weight excluding hydrogens is 338 g/mol. The van der Waals surface area contributed by atoms with Gasteiger partial charge in [0.2, 0.25) is 11.8 Å². The number of hydrogen-bond acceptors (Lipinski definition) is 5. The molecule has 1 aromatic rings. The van der Waals surface area contributed by atoms with Gasteiger partial charge in [-0.15, -0.1) is 11.8 Å². The molecule has 1 fully saturated rings. The zero-order chi connectivity index (χ0) is 18.1. The molecule has 0 aromatic heterocycles. The lowest BCUT2D eigenvalue weighted by molar-refractivity contribution is -0.132. The Kier molecular flexibility index (Phi) is 8.08. The van der Waals surface area contributed by atoms with E-state index in [1.807, 2.05) is 24.3 Å². The average Bonchev–Trinajstić information content (AvgIpc) is 2.64. The Hall–Kier alpha value is -1.73. The lowest BCUT2D eigenvalue weighted by atomic mass is 10.2. The van der Waals surface area contributed by atoms with Crippen LogP contribution in [-0.4, -0.2) is 67.6 Å². The maximum absolute atomic E-state index is 12.0. The fraction of sp³-hybridized carbons (Fsp3) is 0.556. The summed E-state index contributed by atoms with van der Waals surface area (Å²) in [4.78, 5) is 28.1. The summed E-state index contributed by atoms with van der Waals surface area (Å²) in [7, 11) is 0. The summed E-state index contributed by atoms with van der Waals surface area (Å²) >= 11 is 1.35. The highest BCUT2D eigenvalue weighted by atomic mass is 32.2. The highest BCUT2D eigenvalue weighted by Gasteiger charge is 2.17. The third-order valence-electron chi connectivity index (χ3n) is 4.10. The molecule has 1 aliphatic heterocycles. The van der Waals surface area contributed by atoms with E-state index >= 15 is 0 Å². The first kappa shape index (κ1) is 19.6. The molecule has 1 heterocycles. The first-order valence-corrected chi connectivity index (χ1v) is 9.87. The Morgan fingerprint density at radius 2 is 1.76 bits per heavy atom. The molecule has 6 nitrogen and oxygen atoms in total. The summed E-state index contributed by atoms with van der Waals surface area (Å²) in [6.07, 6.45) is 0. The van der Waals surface area contributed by atoms with Crippen LogP contribution in [0.1, 0.15) is 13.8 Å². The maximum atomic E-state index is 12.0. The molecule has 1 saturated heterocycles. The van der Waals surface area contributed by atoms with Crippen molar-refractivity contribution in [2.75, 3.05) is 61.1 Å². The summed E-state index contributed by atoms with van der Waals surface area (Å²) in [5, 5.41) is 2.87. The van der Waals surface area contributed by atoms with Gasteiger partial charge in [-0.3, -0.25) is 9.59 Å². The lowest BCUT2D eigenvalue weighted by Crippen LogP contribution is -2.41. The molecule has 0 atom stereocenters. The van der Waals surface area contributed by atoms with Gasteiger partial charge in [-0.25, -0.2) is 0 Å². The van der Waals surface area contributed by atoms with E-state index < -0.39 is 0 Å². The predicted octanol–water partition coefficient (Wildman–Crippen LogP) is 2.06. The normalized spacial score (nSPS) is 14.2. The average molecular weight is 365 g/mol. The Morgan fingerprint density at radius 3 is 2.36 bits per heavy atom. The smallest absolute Gasteiger partial charge is 0.234 e. The van der Waals surface area contributed by atoms with Crippen LogP contribution in [0.5, 0.6) is 0 Å². The molecule has 0 aliphatic carbocycles. The molecule has 1 aliphatic rings. The van der Waals surface area contributed by atoms with E-state index in [1.165, 1.54) is 11.8 Å². The van der Waals surface area contributed by atoms with Crippen molar-refractivity contribution in [2.45, 2.75) is 13.8 Å². The molecule has 0 saturated carbocycles. The molecule has 1 aromatic carbocycles. The number of amides is 2. The number of nitrogens with one attached hydrogen (secondary N) is 1. The van der Waals surface area contributed by atoms with Crippen LogP contribution in [0.2, 0.25) is 0 Å². The SMILES string of the molecule is CCN(CC)c1ccc(NC(=O)CSCC(=O)N2CCOCC2)cc1. The van der Waals surface area contributed by atoms with Crippen LogP contribution in [0.3, 0.4) is 0 Å². The summed E-state index contributed by atoms with van der Waals surface area (Å²) in [6.45, 7) is 8.63. The predicted molar refractivity (Wildman–Crippen MR) is 103 cm³/mol. The van der Waals surface area contributed by atoms with Gasteiger partial charge < -0.3 is 19.9 Å². The van der Waals surface area contributed by atoms with Gasteiger partial charge in [-0.1, -0.05) is 0 Å². The minimum atomic E-state index is -0.0876. The molecule has 0 bridgehead atoms. The number of ether oxygens (including phenoxy) is 1. The standard InChI is InChI=1S/C18H27N3O3S/c1-3-20(4-2)16-7-5-15(6-8-16)19-17(22)13-25-14-18(23)21-9-11-24-12-10-21/h5-8H,3-4,9-14H2,1-2H3,(H,19,22). The van der Waals surface area contributed by atoms with Gasteiger partial charge in [-0.2, -0.15) is 0 Å². The Labute approximate surface area is 153 Å². The van der Waals surface area contributed by atoms with Gasteiger partial charge >= 0.3 is 0 Å². The third kappa shape index (κ3) is 6.25. The van der Waals surface area contributed by atoms with Gasteiger partial charge in [0.25, 0.3) is 0 Å². The fourth-order valence-corrected chi connectivity index (χ4v) is 3.39. The van der Waals surface area contributed by atoms with E-state index in [1.54, 1.807) is 4.90 Å². The first-order valence-electron chi connectivity index (χ1n) is 8.72. The number of benzene rings is 1. The van der Waals surface area contributed by atoms with E-state index in [4.69, 9.17) is 4.74 Å². The summed E-state index contributed by atoms with van der Waals surface area (Å²) in [5.41, 5.74) is 1.93. The number of rotatable bonds is 8. The van der Waals surface area contributed by atoms with E-state index in [0.717, 1.165) is 24.5 Å². The van der Waals surface area contributed by atoms with Crippen molar-refractivity contribution in [2.24, 2.45) is 0 Å². The van der Waals surface area contributed by atoms with Gasteiger partial charge in [-0.05, 0) is 38.1 Å². The molecule has 2 rings (SSSR count). The van der Waals surface area contributed by atoms with Gasteiger partial charge in [0, 0.05) is 37.6 Å². The number of anilines is 2. The van der Waals surface area contributed by atoms with Crippen LogP contribution in [-0.2, 0) is 14.3 Å². The summed E-state index contributed by atoms with van der Waals surface area (Å²) in [5.74, 6) is 0.586. The van der Waals surface area contributed by atoms with Gasteiger partial charge in [0.15, 0.2) is 0 Å². The number of hydrogen-bond donors (Lipinski definition) is 1. The van der Waals surface area contributed by atoms with Crippen molar-refractivity contribution in [3.05, 3.63) is 24.3 Å². The Morgan fingerprint density at radius 1 is 1.12 bits per heavy atom. The number of morpholine rings is 1. The van der Waals surface area contributed by atoms with Crippen LogP contribution < -0.4 is 10.2 Å². The number of carbonyl (C=O) groups excluding carboxylic acids is 2.